The largest absolute Gasteiger partial charge is 0.497 e. The van der Waals surface area contributed by atoms with Gasteiger partial charge in [0.1, 0.15) is 5.75 Å². The summed E-state index contributed by atoms with van der Waals surface area (Å²) < 4.78 is 5.18. The quantitative estimate of drug-likeness (QED) is 0.215. The van der Waals surface area contributed by atoms with Gasteiger partial charge in [-0.25, -0.2) is 0 Å². The van der Waals surface area contributed by atoms with Crippen molar-refractivity contribution < 1.29 is 29.3 Å². The van der Waals surface area contributed by atoms with Crippen LogP contribution in [0.2, 0.25) is 0 Å². The predicted octanol–water partition coefficient (Wildman–Crippen LogP) is 5.34. The number of aliphatic hydroxyl groups excluding tert-OH is 1. The molecule has 2 aliphatic heterocycles. The van der Waals surface area contributed by atoms with Crippen molar-refractivity contribution in [2.75, 3.05) is 23.9 Å². The smallest absolute Gasteiger partial charge is 0.268 e. The van der Waals surface area contributed by atoms with Crippen LogP contribution in [0.5, 0.6) is 5.75 Å². The highest BCUT2D eigenvalue weighted by atomic mass is 16.5. The minimum absolute atomic E-state index is 0.0422. The van der Waals surface area contributed by atoms with Gasteiger partial charge >= 0.3 is 0 Å². The Balaban J connectivity index is 1.26. The number of carbonyl (C=O) groups is 3. The van der Waals surface area contributed by atoms with E-state index in [1.54, 1.807) is 85.7 Å². The molecule has 4 aromatic carbocycles. The van der Waals surface area contributed by atoms with Gasteiger partial charge in [-0.3, -0.25) is 19.3 Å². The highest BCUT2D eigenvalue weighted by molar-refractivity contribution is 6.13. The number of methoxy groups -OCH3 is 1. The van der Waals surface area contributed by atoms with Crippen LogP contribution < -0.4 is 15.0 Å². The number of carbonyl (C=O) groups excluding carboxylic acids is 3. The summed E-state index contributed by atoms with van der Waals surface area (Å²) in [5, 5.41) is 25.1. The van der Waals surface area contributed by atoms with Crippen LogP contribution in [-0.4, -0.2) is 52.6 Å². The van der Waals surface area contributed by atoms with Crippen LogP contribution in [0, 0.1) is 5.92 Å². The molecule has 6 rings (SSSR count). The second-order valence-corrected chi connectivity index (χ2v) is 11.9. The molecule has 0 spiro atoms. The molecule has 0 fully saturated rings. The van der Waals surface area contributed by atoms with Crippen LogP contribution in [0.3, 0.4) is 0 Å². The second-order valence-electron chi connectivity index (χ2n) is 11.9. The lowest BCUT2D eigenvalue weighted by Crippen LogP contribution is -2.46. The van der Waals surface area contributed by atoms with Crippen LogP contribution in [0.15, 0.2) is 109 Å². The van der Waals surface area contributed by atoms with E-state index < -0.39 is 17.4 Å². The Bertz CT molecular complexity index is 1820. The predicted molar refractivity (Wildman–Crippen MR) is 179 cm³/mol. The number of hydrogen-bond donors (Lipinski definition) is 3. The van der Waals surface area contributed by atoms with Crippen LogP contribution in [0.25, 0.3) is 0 Å². The standard InChI is InChI=1S/C38H37N3O6/c1-25(9-8-14-35(43)40-23-28-11-7-6-10-27(28)21-31(40)24-42)38(46)33-22-29(39-36(44)26-15-18-32(47-2)19-16-26)17-20-34(33)41(37(38)45)30-12-4-3-5-13-30/h3-13,15-20,22,25,31,42,46H,14,21,23-24H2,1-2H3,(H,39,44)/b9-8+/t25-,31-,38+/m0/s1. The van der Waals surface area contributed by atoms with Crippen molar-refractivity contribution in [3.8, 4) is 5.75 Å². The van der Waals surface area contributed by atoms with Crippen LogP contribution >= 0.6 is 0 Å². The summed E-state index contributed by atoms with van der Waals surface area (Å²) in [6, 6.07) is 28.4. The fraction of sp³-hybridized carbons (Fsp3) is 0.237. The summed E-state index contributed by atoms with van der Waals surface area (Å²) in [6.45, 7) is 2.00. The van der Waals surface area contributed by atoms with Crippen molar-refractivity contribution in [3.63, 3.8) is 0 Å². The number of amides is 3. The van der Waals surface area contributed by atoms with Gasteiger partial charge in [0.25, 0.3) is 11.8 Å². The summed E-state index contributed by atoms with van der Waals surface area (Å²) in [7, 11) is 1.55. The number of aliphatic hydroxyl groups is 2. The van der Waals surface area contributed by atoms with Crippen LogP contribution in [0.1, 0.15) is 40.4 Å². The lowest BCUT2D eigenvalue weighted by atomic mass is 9.82. The lowest BCUT2D eigenvalue weighted by Gasteiger charge is -2.36. The Morgan fingerprint density at radius 3 is 2.40 bits per heavy atom. The van der Waals surface area contributed by atoms with Crippen molar-refractivity contribution in [1.82, 2.24) is 4.90 Å². The van der Waals surface area contributed by atoms with E-state index in [0.717, 1.165) is 11.1 Å². The van der Waals surface area contributed by atoms with E-state index in [1.807, 2.05) is 42.5 Å². The zero-order valence-corrected chi connectivity index (χ0v) is 26.3. The van der Waals surface area contributed by atoms with E-state index in [1.165, 1.54) is 4.90 Å². The zero-order chi connectivity index (χ0) is 33.1. The molecule has 47 heavy (non-hydrogen) atoms. The van der Waals surface area contributed by atoms with E-state index in [-0.39, 0.29) is 30.9 Å². The first-order valence-electron chi connectivity index (χ1n) is 15.6. The molecular weight excluding hydrogens is 594 g/mol. The Hall–Kier alpha value is -5.25. The van der Waals surface area contributed by atoms with Crippen molar-refractivity contribution >= 4 is 34.8 Å². The van der Waals surface area contributed by atoms with Crippen molar-refractivity contribution in [3.05, 3.63) is 131 Å². The van der Waals surface area contributed by atoms with Gasteiger partial charge in [0.05, 0.1) is 25.4 Å². The summed E-state index contributed by atoms with van der Waals surface area (Å²) in [6.07, 6.45) is 3.98. The number of benzene rings is 4. The van der Waals surface area contributed by atoms with Crippen molar-refractivity contribution in [1.29, 1.82) is 0 Å². The van der Waals surface area contributed by atoms with Gasteiger partial charge in [-0.2, -0.15) is 0 Å². The minimum atomic E-state index is -1.98. The van der Waals surface area contributed by atoms with Gasteiger partial charge in [0.2, 0.25) is 5.91 Å². The van der Waals surface area contributed by atoms with E-state index >= 15 is 0 Å². The molecule has 3 atom stereocenters. The average molecular weight is 632 g/mol. The molecular formula is C38H37N3O6. The molecule has 9 heteroatoms. The summed E-state index contributed by atoms with van der Waals surface area (Å²) in [4.78, 5) is 43.7. The van der Waals surface area contributed by atoms with E-state index in [9.17, 15) is 24.6 Å². The number of fused-ring (bicyclic) bond motifs is 2. The Kier molecular flexibility index (Phi) is 8.93. The highest BCUT2D eigenvalue weighted by Gasteiger charge is 2.53. The fourth-order valence-corrected chi connectivity index (χ4v) is 6.40. The maximum Gasteiger partial charge on any atom is 0.268 e. The highest BCUT2D eigenvalue weighted by Crippen LogP contribution is 2.49. The molecule has 0 saturated heterocycles. The maximum absolute atomic E-state index is 14.1. The number of rotatable bonds is 9. The van der Waals surface area contributed by atoms with Gasteiger partial charge < -0.3 is 25.2 Å². The summed E-state index contributed by atoms with van der Waals surface area (Å²) in [5.74, 6) is -1.15. The third-order valence-electron chi connectivity index (χ3n) is 9.06. The number of nitrogens with zero attached hydrogens (tertiary/aromatic N) is 2. The number of anilines is 3. The SMILES string of the molecule is COc1ccc(C(=O)Nc2ccc3c(c2)[C@](O)([C@@H](C)/C=C/CC(=O)N2Cc4ccccc4C[C@H]2CO)C(=O)N3c2ccccc2)cc1. The van der Waals surface area contributed by atoms with Gasteiger partial charge in [-0.05, 0) is 72.1 Å². The first-order chi connectivity index (χ1) is 22.7. The molecule has 0 aliphatic carbocycles. The molecule has 9 nitrogen and oxygen atoms in total. The van der Waals surface area contributed by atoms with E-state index in [2.05, 4.69) is 5.32 Å². The lowest BCUT2D eigenvalue weighted by molar-refractivity contribution is -0.138. The van der Waals surface area contributed by atoms with E-state index in [0.29, 0.717) is 46.9 Å². The van der Waals surface area contributed by atoms with Crippen molar-refractivity contribution in [2.45, 2.75) is 38.0 Å². The number of nitrogens with one attached hydrogen (secondary N) is 1. The third-order valence-corrected chi connectivity index (χ3v) is 9.06. The monoisotopic (exact) mass is 631 g/mol. The van der Waals surface area contributed by atoms with Gasteiger partial charge in [-0.15, -0.1) is 0 Å². The number of para-hydroxylation sites is 1. The molecule has 0 radical (unpaired) electrons. The molecule has 0 saturated carbocycles. The average Bonchev–Trinajstić information content (AvgIpc) is 3.33. The molecule has 2 heterocycles. The Morgan fingerprint density at radius 2 is 1.70 bits per heavy atom. The van der Waals surface area contributed by atoms with Crippen LogP contribution in [-0.2, 0) is 28.2 Å². The van der Waals surface area contributed by atoms with Gasteiger partial charge in [-0.1, -0.05) is 61.5 Å². The summed E-state index contributed by atoms with van der Waals surface area (Å²) >= 11 is 0. The van der Waals surface area contributed by atoms with E-state index in [4.69, 9.17) is 4.74 Å². The first kappa shape index (κ1) is 31.7. The molecule has 0 unspecified atom stereocenters. The first-order valence-corrected chi connectivity index (χ1v) is 15.6. The Morgan fingerprint density at radius 1 is 1.00 bits per heavy atom. The molecule has 4 aromatic rings. The summed E-state index contributed by atoms with van der Waals surface area (Å²) in [5.41, 5.74) is 2.47. The molecule has 0 bridgehead atoms. The normalized spacial score (nSPS) is 19.3. The third kappa shape index (κ3) is 6.03. The van der Waals surface area contributed by atoms with Gasteiger partial charge in [0, 0.05) is 41.4 Å². The molecule has 3 N–H and O–H groups in total. The molecule has 0 aromatic heterocycles. The van der Waals surface area contributed by atoms with Crippen LogP contribution in [0.4, 0.5) is 17.1 Å². The maximum atomic E-state index is 14.1. The minimum Gasteiger partial charge on any atom is -0.497 e. The number of ether oxygens (including phenoxy) is 1. The molecule has 2 aliphatic rings. The second kappa shape index (κ2) is 13.2. The molecule has 240 valence electrons. The zero-order valence-electron chi connectivity index (χ0n) is 26.3. The molecule has 3 amide bonds. The Labute approximate surface area is 273 Å². The fourth-order valence-electron chi connectivity index (χ4n) is 6.40. The van der Waals surface area contributed by atoms with Gasteiger partial charge in [0.15, 0.2) is 5.60 Å². The number of hydrogen-bond acceptors (Lipinski definition) is 6. The topological polar surface area (TPSA) is 119 Å². The van der Waals surface area contributed by atoms with Crippen molar-refractivity contribution in [2.24, 2.45) is 5.92 Å².